The number of benzene rings is 1. The van der Waals surface area contributed by atoms with E-state index in [9.17, 15) is 4.79 Å². The standard InChI is InChI=1S/C15H22N2O2/c1-10-3-8-14(19-2)13(9-10)17-15(18)11-4-6-12(16)7-5-11/h3,8-9,11-12H,4-7,16H2,1-2H3,(H,17,18). The lowest BCUT2D eigenvalue weighted by Gasteiger charge is -2.25. The topological polar surface area (TPSA) is 64.3 Å². The SMILES string of the molecule is COc1ccc(C)cc1NC(=O)C1CCC(N)CC1. The summed E-state index contributed by atoms with van der Waals surface area (Å²) in [6, 6.07) is 6.04. The van der Waals surface area contributed by atoms with E-state index in [1.807, 2.05) is 25.1 Å². The summed E-state index contributed by atoms with van der Waals surface area (Å²) in [6.07, 6.45) is 3.62. The van der Waals surface area contributed by atoms with Crippen molar-refractivity contribution in [2.24, 2.45) is 11.7 Å². The average Bonchev–Trinajstić information content (AvgIpc) is 2.39. The second kappa shape index (κ2) is 6.06. The molecule has 0 unspecified atom stereocenters. The minimum Gasteiger partial charge on any atom is -0.495 e. The highest BCUT2D eigenvalue weighted by atomic mass is 16.5. The van der Waals surface area contributed by atoms with E-state index in [2.05, 4.69) is 5.32 Å². The van der Waals surface area contributed by atoms with Crippen LogP contribution < -0.4 is 15.8 Å². The van der Waals surface area contributed by atoms with Crippen LogP contribution in [0.25, 0.3) is 0 Å². The molecule has 0 aromatic heterocycles. The molecular formula is C15H22N2O2. The van der Waals surface area contributed by atoms with Crippen molar-refractivity contribution in [3.05, 3.63) is 23.8 Å². The van der Waals surface area contributed by atoms with Crippen LogP contribution in [-0.4, -0.2) is 19.1 Å². The molecule has 1 saturated carbocycles. The first-order chi connectivity index (χ1) is 9.10. The maximum atomic E-state index is 12.2. The zero-order chi connectivity index (χ0) is 13.8. The minimum atomic E-state index is 0.0741. The zero-order valence-electron chi connectivity index (χ0n) is 11.6. The smallest absolute Gasteiger partial charge is 0.227 e. The van der Waals surface area contributed by atoms with Gasteiger partial charge in [-0.05, 0) is 50.3 Å². The summed E-state index contributed by atoms with van der Waals surface area (Å²) in [5.41, 5.74) is 7.71. The van der Waals surface area contributed by atoms with Crippen LogP contribution in [0.2, 0.25) is 0 Å². The molecule has 2 rings (SSSR count). The summed E-state index contributed by atoms with van der Waals surface area (Å²) in [6.45, 7) is 1.99. The van der Waals surface area contributed by atoms with Gasteiger partial charge in [0.05, 0.1) is 12.8 Å². The number of hydrogen-bond acceptors (Lipinski definition) is 3. The van der Waals surface area contributed by atoms with Crippen LogP contribution in [0.3, 0.4) is 0 Å². The predicted molar refractivity (Wildman–Crippen MR) is 76.3 cm³/mol. The van der Waals surface area contributed by atoms with Crippen LogP contribution in [0.4, 0.5) is 5.69 Å². The van der Waals surface area contributed by atoms with Crippen molar-refractivity contribution in [2.75, 3.05) is 12.4 Å². The Morgan fingerprint density at radius 2 is 2.00 bits per heavy atom. The molecule has 1 aliphatic carbocycles. The van der Waals surface area contributed by atoms with Crippen molar-refractivity contribution < 1.29 is 9.53 Å². The lowest BCUT2D eigenvalue weighted by Crippen LogP contribution is -2.32. The van der Waals surface area contributed by atoms with Gasteiger partial charge in [-0.25, -0.2) is 0 Å². The first kappa shape index (κ1) is 13.9. The van der Waals surface area contributed by atoms with Gasteiger partial charge in [-0.1, -0.05) is 6.07 Å². The molecule has 0 aliphatic heterocycles. The Morgan fingerprint density at radius 3 is 2.63 bits per heavy atom. The number of rotatable bonds is 3. The molecule has 19 heavy (non-hydrogen) atoms. The van der Waals surface area contributed by atoms with Gasteiger partial charge >= 0.3 is 0 Å². The molecule has 0 bridgehead atoms. The molecule has 0 atom stereocenters. The van der Waals surface area contributed by atoms with E-state index in [-0.39, 0.29) is 17.9 Å². The number of nitrogens with two attached hydrogens (primary N) is 1. The highest BCUT2D eigenvalue weighted by Gasteiger charge is 2.25. The zero-order valence-corrected chi connectivity index (χ0v) is 11.6. The van der Waals surface area contributed by atoms with Crippen LogP contribution in [0.15, 0.2) is 18.2 Å². The molecule has 1 aromatic rings. The second-order valence-electron chi connectivity index (χ2n) is 5.30. The van der Waals surface area contributed by atoms with Crippen molar-refractivity contribution in [3.63, 3.8) is 0 Å². The number of anilines is 1. The fourth-order valence-electron chi connectivity index (χ4n) is 2.54. The number of carbonyl (C=O) groups excluding carboxylic acids is 1. The Kier molecular flexibility index (Phi) is 4.43. The van der Waals surface area contributed by atoms with Gasteiger partial charge < -0.3 is 15.8 Å². The third-order valence-corrected chi connectivity index (χ3v) is 3.76. The monoisotopic (exact) mass is 262 g/mol. The Morgan fingerprint density at radius 1 is 1.32 bits per heavy atom. The van der Waals surface area contributed by atoms with E-state index < -0.39 is 0 Å². The number of methoxy groups -OCH3 is 1. The summed E-state index contributed by atoms with van der Waals surface area (Å²) in [7, 11) is 1.61. The fraction of sp³-hybridized carbons (Fsp3) is 0.533. The van der Waals surface area contributed by atoms with E-state index in [1.165, 1.54) is 0 Å². The number of hydrogen-bond donors (Lipinski definition) is 2. The highest BCUT2D eigenvalue weighted by Crippen LogP contribution is 2.28. The first-order valence-corrected chi connectivity index (χ1v) is 6.81. The fourth-order valence-corrected chi connectivity index (χ4v) is 2.54. The van der Waals surface area contributed by atoms with Crippen molar-refractivity contribution >= 4 is 11.6 Å². The molecule has 0 spiro atoms. The Hall–Kier alpha value is -1.55. The van der Waals surface area contributed by atoms with Crippen molar-refractivity contribution in [1.29, 1.82) is 0 Å². The van der Waals surface area contributed by atoms with E-state index in [4.69, 9.17) is 10.5 Å². The number of amides is 1. The molecule has 104 valence electrons. The van der Waals surface area contributed by atoms with E-state index >= 15 is 0 Å². The Balaban J connectivity index is 2.04. The molecule has 3 N–H and O–H groups in total. The normalized spacial score (nSPS) is 22.9. The average molecular weight is 262 g/mol. The van der Waals surface area contributed by atoms with Crippen molar-refractivity contribution in [3.8, 4) is 5.75 Å². The molecule has 0 saturated heterocycles. The Labute approximate surface area is 114 Å². The number of nitrogens with one attached hydrogen (secondary N) is 1. The summed E-state index contributed by atoms with van der Waals surface area (Å²) in [5.74, 6) is 0.854. The van der Waals surface area contributed by atoms with Gasteiger partial charge in [0, 0.05) is 12.0 Å². The van der Waals surface area contributed by atoms with Gasteiger partial charge in [0.25, 0.3) is 0 Å². The number of carbonyl (C=O) groups is 1. The quantitative estimate of drug-likeness (QED) is 0.879. The van der Waals surface area contributed by atoms with Gasteiger partial charge in [-0.3, -0.25) is 4.79 Å². The van der Waals surface area contributed by atoms with E-state index in [1.54, 1.807) is 7.11 Å². The van der Waals surface area contributed by atoms with Gasteiger partial charge in [0.1, 0.15) is 5.75 Å². The van der Waals surface area contributed by atoms with Crippen LogP contribution in [0.1, 0.15) is 31.2 Å². The Bertz CT molecular complexity index is 451. The lowest BCUT2D eigenvalue weighted by molar-refractivity contribution is -0.120. The molecule has 0 radical (unpaired) electrons. The summed E-state index contributed by atoms with van der Waals surface area (Å²) in [4.78, 5) is 12.2. The third-order valence-electron chi connectivity index (χ3n) is 3.76. The largest absolute Gasteiger partial charge is 0.495 e. The molecule has 4 nitrogen and oxygen atoms in total. The molecule has 1 aliphatic rings. The predicted octanol–water partition coefficient (Wildman–Crippen LogP) is 2.46. The van der Waals surface area contributed by atoms with Crippen LogP contribution in [-0.2, 0) is 4.79 Å². The summed E-state index contributed by atoms with van der Waals surface area (Å²) in [5, 5.41) is 2.98. The third kappa shape index (κ3) is 3.47. The maximum absolute atomic E-state index is 12.2. The maximum Gasteiger partial charge on any atom is 0.227 e. The van der Waals surface area contributed by atoms with Crippen molar-refractivity contribution in [2.45, 2.75) is 38.6 Å². The first-order valence-electron chi connectivity index (χ1n) is 6.81. The lowest BCUT2D eigenvalue weighted by atomic mass is 9.86. The van der Waals surface area contributed by atoms with Crippen LogP contribution >= 0.6 is 0 Å². The van der Waals surface area contributed by atoms with E-state index in [0.29, 0.717) is 5.75 Å². The molecular weight excluding hydrogens is 240 g/mol. The van der Waals surface area contributed by atoms with Crippen molar-refractivity contribution in [1.82, 2.24) is 0 Å². The van der Waals surface area contributed by atoms with Gasteiger partial charge in [-0.2, -0.15) is 0 Å². The molecule has 1 amide bonds. The summed E-state index contributed by atoms with van der Waals surface area (Å²) >= 11 is 0. The van der Waals surface area contributed by atoms with Gasteiger partial charge in [0.2, 0.25) is 5.91 Å². The second-order valence-corrected chi connectivity index (χ2v) is 5.30. The molecule has 1 aromatic carbocycles. The van der Waals surface area contributed by atoms with Gasteiger partial charge in [-0.15, -0.1) is 0 Å². The number of aryl methyl sites for hydroxylation is 1. The van der Waals surface area contributed by atoms with Gasteiger partial charge in [0.15, 0.2) is 0 Å². The number of ether oxygens (including phenoxy) is 1. The van der Waals surface area contributed by atoms with E-state index in [0.717, 1.165) is 36.9 Å². The van der Waals surface area contributed by atoms with Crippen LogP contribution in [0, 0.1) is 12.8 Å². The molecule has 1 fully saturated rings. The molecule has 0 heterocycles. The summed E-state index contributed by atoms with van der Waals surface area (Å²) < 4.78 is 5.27. The highest BCUT2D eigenvalue weighted by molar-refractivity contribution is 5.94. The molecule has 4 heteroatoms. The minimum absolute atomic E-state index is 0.0741. The van der Waals surface area contributed by atoms with Crippen LogP contribution in [0.5, 0.6) is 5.75 Å².